The molecule has 0 saturated carbocycles. The fourth-order valence-electron chi connectivity index (χ4n) is 2.71. The second-order valence-electron chi connectivity index (χ2n) is 6.15. The van der Waals surface area contributed by atoms with E-state index in [4.69, 9.17) is 4.74 Å². The van der Waals surface area contributed by atoms with Crippen molar-refractivity contribution in [1.29, 1.82) is 0 Å². The van der Waals surface area contributed by atoms with E-state index in [0.29, 0.717) is 16.9 Å². The van der Waals surface area contributed by atoms with Crippen molar-refractivity contribution in [3.8, 4) is 0 Å². The molecule has 19 heavy (non-hydrogen) atoms. The molecule has 0 unspecified atom stereocenters. The van der Waals surface area contributed by atoms with E-state index >= 15 is 0 Å². The molecule has 0 radical (unpaired) electrons. The highest BCUT2D eigenvalue weighted by Gasteiger charge is 2.55. The monoisotopic (exact) mass is 256 g/mol. The number of rotatable bonds is 0. The normalized spacial score (nSPS) is 22.9. The average Bonchev–Trinajstić information content (AvgIpc) is 2.53. The number of ketones is 2. The minimum atomic E-state index is -0.509. The Labute approximate surface area is 112 Å². The fourth-order valence-corrected chi connectivity index (χ4v) is 2.71. The summed E-state index contributed by atoms with van der Waals surface area (Å²) >= 11 is 0. The molecule has 3 heteroatoms. The van der Waals surface area contributed by atoms with Crippen LogP contribution in [0.3, 0.4) is 0 Å². The minimum absolute atomic E-state index is 0.427. The number of benzene rings is 1. The van der Waals surface area contributed by atoms with Gasteiger partial charge in [0.1, 0.15) is 11.4 Å². The maximum Gasteiger partial charge on any atom is 0.234 e. The average molecular weight is 256 g/mol. The highest BCUT2D eigenvalue weighted by atomic mass is 16.5. The van der Waals surface area contributed by atoms with Crippen LogP contribution in [0.15, 0.2) is 29.8 Å². The summed E-state index contributed by atoms with van der Waals surface area (Å²) in [4.78, 5) is 24.6. The van der Waals surface area contributed by atoms with E-state index in [2.05, 4.69) is 0 Å². The van der Waals surface area contributed by atoms with E-state index in [-0.39, 0.29) is 0 Å². The topological polar surface area (TPSA) is 43.4 Å². The van der Waals surface area contributed by atoms with E-state index in [9.17, 15) is 9.59 Å². The summed E-state index contributed by atoms with van der Waals surface area (Å²) in [5.41, 5.74) is 0.704. The Morgan fingerprint density at radius 2 is 1.47 bits per heavy atom. The van der Waals surface area contributed by atoms with Crippen molar-refractivity contribution in [1.82, 2.24) is 0 Å². The third-order valence-corrected chi connectivity index (χ3v) is 4.56. The molecule has 0 spiro atoms. The number of Topliss-reactive ketones (excluding diaryl/α,β-unsaturated/α-hetero) is 2. The van der Waals surface area contributed by atoms with Gasteiger partial charge in [0.2, 0.25) is 11.6 Å². The van der Waals surface area contributed by atoms with Gasteiger partial charge < -0.3 is 4.74 Å². The summed E-state index contributed by atoms with van der Waals surface area (Å²) in [6.07, 6.45) is 0. The van der Waals surface area contributed by atoms with Crippen LogP contribution in [0.25, 0.3) is 5.76 Å². The lowest BCUT2D eigenvalue weighted by molar-refractivity contribution is -0.113. The fraction of sp³-hybridized carbons (Fsp3) is 0.375. The lowest BCUT2D eigenvalue weighted by Gasteiger charge is -2.34. The van der Waals surface area contributed by atoms with Gasteiger partial charge in [-0.25, -0.2) is 0 Å². The second-order valence-corrected chi connectivity index (χ2v) is 6.15. The molecule has 1 aliphatic carbocycles. The van der Waals surface area contributed by atoms with Gasteiger partial charge in [-0.3, -0.25) is 9.59 Å². The van der Waals surface area contributed by atoms with Crippen LogP contribution in [0.1, 0.15) is 43.6 Å². The zero-order valence-corrected chi connectivity index (χ0v) is 11.5. The highest BCUT2D eigenvalue weighted by Crippen LogP contribution is 2.54. The molecule has 3 rings (SSSR count). The van der Waals surface area contributed by atoms with Crippen molar-refractivity contribution in [2.75, 3.05) is 0 Å². The van der Waals surface area contributed by atoms with Crippen LogP contribution in [0.5, 0.6) is 0 Å². The molecule has 1 aromatic rings. The molecule has 0 saturated heterocycles. The van der Waals surface area contributed by atoms with E-state index < -0.39 is 22.6 Å². The Bertz CT molecular complexity index is 648. The second kappa shape index (κ2) is 3.35. The van der Waals surface area contributed by atoms with Crippen molar-refractivity contribution >= 4 is 17.3 Å². The summed E-state index contributed by atoms with van der Waals surface area (Å²) in [7, 11) is 0. The van der Waals surface area contributed by atoms with Crippen molar-refractivity contribution in [2.24, 2.45) is 5.41 Å². The quantitative estimate of drug-likeness (QED) is 0.670. The van der Waals surface area contributed by atoms with E-state index in [1.807, 2.05) is 39.8 Å². The lowest BCUT2D eigenvalue weighted by atomic mass is 9.69. The molecule has 0 atom stereocenters. The van der Waals surface area contributed by atoms with Crippen molar-refractivity contribution in [3.05, 3.63) is 41.0 Å². The molecule has 3 nitrogen and oxygen atoms in total. The van der Waals surface area contributed by atoms with Crippen molar-refractivity contribution < 1.29 is 14.3 Å². The third-order valence-electron chi connectivity index (χ3n) is 4.56. The summed E-state index contributed by atoms with van der Waals surface area (Å²) in [5.74, 6) is -0.275. The molecule has 0 fully saturated rings. The maximum absolute atomic E-state index is 12.4. The van der Waals surface area contributed by atoms with Crippen LogP contribution in [-0.4, -0.2) is 17.2 Å². The number of carbonyl (C=O) groups is 2. The van der Waals surface area contributed by atoms with Gasteiger partial charge in [0.25, 0.3) is 0 Å². The molecule has 0 N–H and O–H groups in total. The van der Waals surface area contributed by atoms with Crippen LogP contribution in [0, 0.1) is 5.41 Å². The molecule has 1 aliphatic heterocycles. The number of hydrogen-bond donors (Lipinski definition) is 0. The molecular formula is C16H16O3. The standard InChI is InChI=1S/C16H16O3/c1-15(2)11-13(18)12(17)9-7-5-6-8-10(9)14(11)19-16(15,3)4/h5-8H,1-4H3. The number of hydrogen-bond acceptors (Lipinski definition) is 3. The van der Waals surface area contributed by atoms with Crippen molar-refractivity contribution in [3.63, 3.8) is 0 Å². The lowest BCUT2D eigenvalue weighted by Crippen LogP contribution is -2.40. The maximum atomic E-state index is 12.4. The Hall–Kier alpha value is -1.90. The Kier molecular flexibility index (Phi) is 2.14. The van der Waals surface area contributed by atoms with Crippen LogP contribution in [-0.2, 0) is 9.53 Å². The number of fused-ring (bicyclic) bond motifs is 2. The highest BCUT2D eigenvalue weighted by molar-refractivity contribution is 6.52. The largest absolute Gasteiger partial charge is 0.486 e. The van der Waals surface area contributed by atoms with Gasteiger partial charge >= 0.3 is 0 Å². The predicted molar refractivity (Wildman–Crippen MR) is 71.6 cm³/mol. The van der Waals surface area contributed by atoms with Gasteiger partial charge in [0.15, 0.2) is 0 Å². The first-order valence-electron chi connectivity index (χ1n) is 6.39. The van der Waals surface area contributed by atoms with Gasteiger partial charge in [0, 0.05) is 16.5 Å². The predicted octanol–water partition coefficient (Wildman–Crippen LogP) is 3.00. The molecule has 0 aromatic heterocycles. The number of ether oxygens (including phenoxy) is 1. The molecule has 0 bridgehead atoms. The van der Waals surface area contributed by atoms with Crippen LogP contribution < -0.4 is 0 Å². The molecule has 98 valence electrons. The first-order valence-corrected chi connectivity index (χ1v) is 6.39. The van der Waals surface area contributed by atoms with Gasteiger partial charge in [-0.2, -0.15) is 0 Å². The van der Waals surface area contributed by atoms with E-state index in [1.165, 1.54) is 0 Å². The summed E-state index contributed by atoms with van der Waals surface area (Å²) < 4.78 is 6.02. The summed E-state index contributed by atoms with van der Waals surface area (Å²) in [6, 6.07) is 7.14. The Morgan fingerprint density at radius 1 is 0.895 bits per heavy atom. The SMILES string of the molecule is CC1(C)OC2=C(C(=O)C(=O)c3ccccc32)C1(C)C. The zero-order chi connectivity index (χ0) is 14.0. The molecular weight excluding hydrogens is 240 g/mol. The summed E-state index contributed by atoms with van der Waals surface area (Å²) in [6.45, 7) is 7.81. The van der Waals surface area contributed by atoms with Gasteiger partial charge in [-0.15, -0.1) is 0 Å². The molecule has 2 aliphatic rings. The minimum Gasteiger partial charge on any atom is -0.486 e. The first kappa shape index (κ1) is 12.2. The Balaban J connectivity index is 2.33. The molecule has 0 amide bonds. The van der Waals surface area contributed by atoms with Gasteiger partial charge in [0.05, 0.1) is 5.57 Å². The van der Waals surface area contributed by atoms with Crippen LogP contribution >= 0.6 is 0 Å². The van der Waals surface area contributed by atoms with Crippen molar-refractivity contribution in [2.45, 2.75) is 33.3 Å². The first-order chi connectivity index (χ1) is 8.77. The molecule has 1 heterocycles. The van der Waals surface area contributed by atoms with Crippen LogP contribution in [0.4, 0.5) is 0 Å². The van der Waals surface area contributed by atoms with E-state index in [1.54, 1.807) is 12.1 Å². The zero-order valence-electron chi connectivity index (χ0n) is 11.5. The van der Waals surface area contributed by atoms with E-state index in [0.717, 1.165) is 5.56 Å². The smallest absolute Gasteiger partial charge is 0.234 e. The molecule has 1 aromatic carbocycles. The van der Waals surface area contributed by atoms with Gasteiger partial charge in [-0.05, 0) is 13.8 Å². The van der Waals surface area contributed by atoms with Gasteiger partial charge in [-0.1, -0.05) is 38.1 Å². The third kappa shape index (κ3) is 1.33. The Morgan fingerprint density at radius 3 is 2.11 bits per heavy atom. The summed E-state index contributed by atoms with van der Waals surface area (Å²) in [5, 5.41) is 0. The number of carbonyl (C=O) groups excluding carboxylic acids is 2. The van der Waals surface area contributed by atoms with Crippen LogP contribution in [0.2, 0.25) is 0 Å².